The lowest BCUT2D eigenvalue weighted by Crippen LogP contribution is -2.26. The van der Waals surface area contributed by atoms with Crippen molar-refractivity contribution in [3.05, 3.63) is 34.6 Å². The zero-order valence-electron chi connectivity index (χ0n) is 7.71. The molecule has 0 aliphatic rings. The summed E-state index contributed by atoms with van der Waals surface area (Å²) in [4.78, 5) is 25.8. The van der Waals surface area contributed by atoms with E-state index >= 15 is 0 Å². The van der Waals surface area contributed by atoms with Gasteiger partial charge in [0.05, 0.1) is 5.56 Å². The first kappa shape index (κ1) is 11.5. The molecule has 0 aliphatic carbocycles. The largest absolute Gasteiger partial charge is 0.341 e. The highest BCUT2D eigenvalue weighted by molar-refractivity contribution is 6.30. The first-order valence-electron chi connectivity index (χ1n) is 3.93. The van der Waals surface area contributed by atoms with E-state index in [-0.39, 0.29) is 10.6 Å². The third kappa shape index (κ3) is 3.21. The van der Waals surface area contributed by atoms with Gasteiger partial charge in [0.2, 0.25) is 0 Å². The summed E-state index contributed by atoms with van der Waals surface area (Å²) in [7, 11) is 0. The minimum absolute atomic E-state index is 0.212. The molecule has 4 nitrogen and oxygen atoms in total. The van der Waals surface area contributed by atoms with E-state index in [9.17, 15) is 14.0 Å². The van der Waals surface area contributed by atoms with E-state index < -0.39 is 17.7 Å². The first-order chi connectivity index (χ1) is 7.00. The van der Waals surface area contributed by atoms with Crippen molar-refractivity contribution in [2.24, 2.45) is 0 Å². The summed E-state index contributed by atoms with van der Waals surface area (Å²) >= 11 is 5.57. The van der Waals surface area contributed by atoms with Crippen molar-refractivity contribution in [2.75, 3.05) is 0 Å². The number of hydrogen-bond donors (Lipinski definition) is 1. The molecule has 1 amide bonds. The Bertz CT molecular complexity index is 408. The molecule has 0 aromatic heterocycles. The summed E-state index contributed by atoms with van der Waals surface area (Å²) in [6, 6.07) is 3.49. The number of hydrogen-bond acceptors (Lipinski definition) is 3. The molecule has 0 fully saturated rings. The van der Waals surface area contributed by atoms with E-state index in [0.717, 1.165) is 19.1 Å². The Kier molecular flexibility index (Phi) is 3.62. The molecule has 0 spiro atoms. The van der Waals surface area contributed by atoms with Gasteiger partial charge in [0.25, 0.3) is 5.91 Å². The molecule has 0 atom stereocenters. The second-order valence-corrected chi connectivity index (χ2v) is 3.09. The average Bonchev–Trinajstić information content (AvgIpc) is 2.18. The van der Waals surface area contributed by atoms with Crippen LogP contribution in [0.1, 0.15) is 17.3 Å². The maximum Gasteiger partial charge on any atom is 0.329 e. The summed E-state index contributed by atoms with van der Waals surface area (Å²) in [6.07, 6.45) is 0. The van der Waals surface area contributed by atoms with E-state index in [2.05, 4.69) is 4.84 Å². The van der Waals surface area contributed by atoms with Gasteiger partial charge < -0.3 is 4.84 Å². The standard InChI is InChI=1S/C9H7ClFNO3/c1-5(13)15-12-9(14)7-4-6(10)2-3-8(7)11/h2-4H,1H3,(H,12,14). The normalized spacial score (nSPS) is 9.53. The Balaban J connectivity index is 2.81. The van der Waals surface area contributed by atoms with Crippen LogP contribution in [0.4, 0.5) is 4.39 Å². The molecule has 0 heterocycles. The molecule has 1 rings (SSSR count). The van der Waals surface area contributed by atoms with Gasteiger partial charge in [-0.15, -0.1) is 0 Å². The van der Waals surface area contributed by atoms with Gasteiger partial charge in [-0.25, -0.2) is 4.39 Å². The average molecular weight is 232 g/mol. The van der Waals surface area contributed by atoms with Gasteiger partial charge in [-0.3, -0.25) is 9.59 Å². The topological polar surface area (TPSA) is 55.4 Å². The minimum Gasteiger partial charge on any atom is -0.341 e. The van der Waals surface area contributed by atoms with E-state index in [1.54, 1.807) is 5.48 Å². The molecule has 1 aromatic rings. The number of carbonyl (C=O) groups excluding carboxylic acids is 2. The van der Waals surface area contributed by atoms with Crippen LogP contribution in [0, 0.1) is 5.82 Å². The Morgan fingerprint density at radius 1 is 1.47 bits per heavy atom. The number of hydroxylamine groups is 1. The highest BCUT2D eigenvalue weighted by atomic mass is 35.5. The van der Waals surface area contributed by atoms with Gasteiger partial charge in [-0.05, 0) is 18.2 Å². The van der Waals surface area contributed by atoms with Crippen LogP contribution in [0.15, 0.2) is 18.2 Å². The first-order valence-corrected chi connectivity index (χ1v) is 4.31. The highest BCUT2D eigenvalue weighted by Crippen LogP contribution is 2.14. The number of halogens is 2. The van der Waals surface area contributed by atoms with Crippen LogP contribution in [0.2, 0.25) is 5.02 Å². The van der Waals surface area contributed by atoms with Gasteiger partial charge in [-0.2, -0.15) is 5.48 Å². The fraction of sp³-hybridized carbons (Fsp3) is 0.111. The number of amides is 1. The number of rotatable bonds is 1. The van der Waals surface area contributed by atoms with Crippen molar-refractivity contribution < 1.29 is 18.8 Å². The lowest BCUT2D eigenvalue weighted by atomic mass is 10.2. The zero-order valence-corrected chi connectivity index (χ0v) is 8.47. The summed E-state index contributed by atoms with van der Waals surface area (Å²) < 4.78 is 13.1. The Morgan fingerprint density at radius 2 is 2.13 bits per heavy atom. The molecule has 6 heteroatoms. The van der Waals surface area contributed by atoms with Crippen molar-refractivity contribution in [1.82, 2.24) is 5.48 Å². The van der Waals surface area contributed by atoms with Crippen LogP contribution in [-0.2, 0) is 9.63 Å². The lowest BCUT2D eigenvalue weighted by molar-refractivity contribution is -0.146. The monoisotopic (exact) mass is 231 g/mol. The molecule has 0 saturated carbocycles. The molecule has 80 valence electrons. The second kappa shape index (κ2) is 4.75. The summed E-state index contributed by atoms with van der Waals surface area (Å²) in [5.41, 5.74) is 1.49. The maximum absolute atomic E-state index is 13.1. The molecule has 1 aromatic carbocycles. The molecular formula is C9H7ClFNO3. The summed E-state index contributed by atoms with van der Waals surface area (Å²) in [5, 5.41) is 0.212. The van der Waals surface area contributed by atoms with Gasteiger partial charge in [0.15, 0.2) is 0 Å². The number of carbonyl (C=O) groups is 2. The lowest BCUT2D eigenvalue weighted by Gasteiger charge is -2.04. The zero-order chi connectivity index (χ0) is 11.4. The number of benzene rings is 1. The third-order valence-corrected chi connectivity index (χ3v) is 1.70. The molecule has 0 saturated heterocycles. The van der Waals surface area contributed by atoms with Gasteiger partial charge >= 0.3 is 5.97 Å². The Hall–Kier alpha value is -1.62. The van der Waals surface area contributed by atoms with Crippen molar-refractivity contribution in [3.8, 4) is 0 Å². The fourth-order valence-corrected chi connectivity index (χ4v) is 1.02. The highest BCUT2D eigenvalue weighted by Gasteiger charge is 2.12. The van der Waals surface area contributed by atoms with Crippen LogP contribution >= 0.6 is 11.6 Å². The predicted octanol–water partition coefficient (Wildman–Crippen LogP) is 1.69. The fourth-order valence-electron chi connectivity index (χ4n) is 0.845. The molecule has 1 N–H and O–H groups in total. The molecule has 0 aliphatic heterocycles. The Labute approximate surface area is 89.9 Å². The maximum atomic E-state index is 13.1. The van der Waals surface area contributed by atoms with E-state index in [1.165, 1.54) is 6.07 Å². The van der Waals surface area contributed by atoms with Gasteiger partial charge in [-0.1, -0.05) is 11.6 Å². The van der Waals surface area contributed by atoms with Crippen LogP contribution < -0.4 is 5.48 Å². The molecule has 0 unspecified atom stereocenters. The van der Waals surface area contributed by atoms with Gasteiger partial charge in [0.1, 0.15) is 5.82 Å². The van der Waals surface area contributed by atoms with Crippen molar-refractivity contribution in [3.63, 3.8) is 0 Å². The third-order valence-electron chi connectivity index (χ3n) is 1.46. The van der Waals surface area contributed by atoms with Crippen molar-refractivity contribution in [2.45, 2.75) is 6.92 Å². The van der Waals surface area contributed by atoms with E-state index in [0.29, 0.717) is 0 Å². The van der Waals surface area contributed by atoms with E-state index in [1.807, 2.05) is 0 Å². The summed E-state index contributed by atoms with van der Waals surface area (Å²) in [6.45, 7) is 1.11. The molecule has 0 radical (unpaired) electrons. The summed E-state index contributed by atoms with van der Waals surface area (Å²) in [5.74, 6) is -2.32. The van der Waals surface area contributed by atoms with Crippen molar-refractivity contribution >= 4 is 23.5 Å². The van der Waals surface area contributed by atoms with Gasteiger partial charge in [0, 0.05) is 11.9 Å². The SMILES string of the molecule is CC(=O)ONC(=O)c1cc(Cl)ccc1F. The van der Waals surface area contributed by atoms with Crippen LogP contribution in [-0.4, -0.2) is 11.9 Å². The minimum atomic E-state index is -0.870. The smallest absolute Gasteiger partial charge is 0.329 e. The molecule has 15 heavy (non-hydrogen) atoms. The van der Waals surface area contributed by atoms with Crippen LogP contribution in [0.5, 0.6) is 0 Å². The Morgan fingerprint density at radius 3 is 2.73 bits per heavy atom. The number of nitrogens with one attached hydrogen (secondary N) is 1. The van der Waals surface area contributed by atoms with Crippen molar-refractivity contribution in [1.29, 1.82) is 0 Å². The second-order valence-electron chi connectivity index (χ2n) is 2.65. The van der Waals surface area contributed by atoms with Crippen LogP contribution in [0.25, 0.3) is 0 Å². The quantitative estimate of drug-likeness (QED) is 0.749. The van der Waals surface area contributed by atoms with E-state index in [4.69, 9.17) is 11.6 Å². The predicted molar refractivity (Wildman–Crippen MR) is 50.6 cm³/mol. The molecule has 0 bridgehead atoms. The van der Waals surface area contributed by atoms with Crippen LogP contribution in [0.3, 0.4) is 0 Å². The molecular weight excluding hydrogens is 225 g/mol.